The van der Waals surface area contributed by atoms with Crippen LogP contribution in [0.3, 0.4) is 0 Å². The van der Waals surface area contributed by atoms with Crippen molar-refractivity contribution in [1.82, 2.24) is 4.98 Å². The number of fused-ring (bicyclic) bond motifs is 1. The van der Waals surface area contributed by atoms with Crippen LogP contribution in [0.1, 0.15) is 38.2 Å². The number of nitrogens with two attached hydrogens (primary N) is 1. The predicted octanol–water partition coefficient (Wildman–Crippen LogP) is 4.38. The van der Waals surface area contributed by atoms with Gasteiger partial charge in [0.2, 0.25) is 5.88 Å². The van der Waals surface area contributed by atoms with Crippen molar-refractivity contribution in [3.63, 3.8) is 0 Å². The second kappa shape index (κ2) is 5.75. The van der Waals surface area contributed by atoms with Gasteiger partial charge in [-0.3, -0.25) is 4.79 Å². The van der Waals surface area contributed by atoms with Gasteiger partial charge in [0.25, 0.3) is 0 Å². The number of carbonyl (C=O) groups is 1. The Morgan fingerprint density at radius 3 is 2.88 bits per heavy atom. The molecule has 0 radical (unpaired) electrons. The van der Waals surface area contributed by atoms with E-state index in [0.29, 0.717) is 24.2 Å². The van der Waals surface area contributed by atoms with Gasteiger partial charge in [0.15, 0.2) is 5.78 Å². The summed E-state index contributed by atoms with van der Waals surface area (Å²) in [5.41, 5.74) is 8.55. The zero-order valence-electron chi connectivity index (χ0n) is 14.5. The molecular formula is C20H18BrN3O2. The van der Waals surface area contributed by atoms with Gasteiger partial charge < -0.3 is 15.5 Å². The number of Topliss-reactive ketones (excluding diaryl/α,β-unsaturated/α-hetero) is 1. The molecule has 1 aromatic carbocycles. The van der Waals surface area contributed by atoms with Crippen LogP contribution >= 0.6 is 15.9 Å². The lowest BCUT2D eigenvalue weighted by Crippen LogP contribution is -2.33. The zero-order chi connectivity index (χ0) is 18.6. The second-order valence-corrected chi connectivity index (χ2v) is 8.55. The lowest BCUT2D eigenvalue weighted by molar-refractivity contribution is -0.119. The van der Waals surface area contributed by atoms with Crippen molar-refractivity contribution in [3.05, 3.63) is 57.2 Å². The molecule has 0 spiro atoms. The highest BCUT2D eigenvalue weighted by Crippen LogP contribution is 2.49. The van der Waals surface area contributed by atoms with Crippen LogP contribution in [0.15, 0.2) is 51.7 Å². The molecule has 1 atom stereocenters. The molecule has 2 aliphatic rings. The minimum Gasteiger partial charge on any atom is -0.444 e. The van der Waals surface area contributed by atoms with Crippen molar-refractivity contribution in [1.29, 1.82) is 5.26 Å². The number of H-pyrrole nitrogens is 1. The highest BCUT2D eigenvalue weighted by atomic mass is 79.9. The molecule has 2 heterocycles. The number of nitriles is 1. The summed E-state index contributed by atoms with van der Waals surface area (Å²) in [7, 11) is 0. The number of allylic oxidation sites excluding steroid dienone is 3. The third-order valence-electron chi connectivity index (χ3n) is 5.06. The van der Waals surface area contributed by atoms with Gasteiger partial charge in [-0.2, -0.15) is 5.26 Å². The molecule has 3 N–H and O–H groups in total. The number of hydrogen-bond acceptors (Lipinski definition) is 4. The van der Waals surface area contributed by atoms with Crippen molar-refractivity contribution < 1.29 is 9.53 Å². The van der Waals surface area contributed by atoms with E-state index in [2.05, 4.69) is 27.0 Å². The number of hydrogen-bond donors (Lipinski definition) is 2. The predicted molar refractivity (Wildman–Crippen MR) is 102 cm³/mol. The number of benzene rings is 1. The van der Waals surface area contributed by atoms with E-state index in [1.807, 2.05) is 38.2 Å². The Kier molecular flexibility index (Phi) is 3.74. The first kappa shape index (κ1) is 16.9. The molecule has 1 aliphatic heterocycles. The number of nitrogens with one attached hydrogen (secondary N) is 1. The molecule has 0 fully saturated rings. The Labute approximate surface area is 159 Å². The van der Waals surface area contributed by atoms with Crippen molar-refractivity contribution >= 4 is 32.6 Å². The standard InChI is InChI=1S/C20H18BrN3O2/c1-20(2)6-15(25)18-16(7-20)26-19(23)12(8-22)17(18)13-9-24-14-4-3-10(21)5-11(13)14/h3-5,9,17,24H,6-7,23H2,1-2H3/t17-/m0/s1. The molecule has 0 bridgehead atoms. The minimum absolute atomic E-state index is 0.0193. The molecule has 0 saturated carbocycles. The van der Waals surface area contributed by atoms with Gasteiger partial charge >= 0.3 is 0 Å². The monoisotopic (exact) mass is 411 g/mol. The SMILES string of the molecule is CC1(C)CC(=O)C2=C(C1)OC(N)=C(C#N)[C@H]2c1c[nH]c2ccc(Br)cc12. The van der Waals surface area contributed by atoms with E-state index in [0.717, 1.165) is 20.9 Å². The van der Waals surface area contributed by atoms with Crippen molar-refractivity contribution in [2.75, 3.05) is 0 Å². The van der Waals surface area contributed by atoms with Crippen LogP contribution in [-0.2, 0) is 9.53 Å². The summed E-state index contributed by atoms with van der Waals surface area (Å²) in [6, 6.07) is 8.05. The molecule has 0 saturated heterocycles. The summed E-state index contributed by atoms with van der Waals surface area (Å²) in [6.07, 6.45) is 2.90. The van der Waals surface area contributed by atoms with Crippen molar-refractivity contribution in [2.24, 2.45) is 11.1 Å². The number of ketones is 1. The van der Waals surface area contributed by atoms with Crippen LogP contribution < -0.4 is 5.73 Å². The summed E-state index contributed by atoms with van der Waals surface area (Å²) in [5.74, 6) is 0.199. The molecule has 1 aromatic heterocycles. The number of aromatic nitrogens is 1. The molecule has 2 aromatic rings. The summed E-state index contributed by atoms with van der Waals surface area (Å²) in [5, 5.41) is 10.7. The summed E-state index contributed by atoms with van der Waals surface area (Å²) in [6.45, 7) is 4.07. The third-order valence-corrected chi connectivity index (χ3v) is 5.56. The van der Waals surface area contributed by atoms with Gasteiger partial charge in [-0.15, -0.1) is 0 Å². The van der Waals surface area contributed by atoms with Gasteiger partial charge in [-0.1, -0.05) is 29.8 Å². The summed E-state index contributed by atoms with van der Waals surface area (Å²) < 4.78 is 6.67. The van der Waals surface area contributed by atoms with Gasteiger partial charge in [0, 0.05) is 40.0 Å². The topological polar surface area (TPSA) is 91.9 Å². The lowest BCUT2D eigenvalue weighted by atomic mass is 9.70. The molecule has 0 amide bonds. The Morgan fingerprint density at radius 2 is 2.15 bits per heavy atom. The Hall–Kier alpha value is -2.52. The second-order valence-electron chi connectivity index (χ2n) is 7.64. The first-order valence-electron chi connectivity index (χ1n) is 8.41. The molecule has 132 valence electrons. The first-order valence-corrected chi connectivity index (χ1v) is 9.20. The molecule has 0 unspecified atom stereocenters. The van der Waals surface area contributed by atoms with E-state index in [-0.39, 0.29) is 22.7 Å². The van der Waals surface area contributed by atoms with E-state index >= 15 is 0 Å². The Balaban J connectivity index is 1.97. The van der Waals surface area contributed by atoms with Crippen LogP contribution in [0.25, 0.3) is 10.9 Å². The normalized spacial score (nSPS) is 22.2. The van der Waals surface area contributed by atoms with E-state index in [1.165, 1.54) is 0 Å². The van der Waals surface area contributed by atoms with E-state index in [4.69, 9.17) is 10.5 Å². The molecule has 6 heteroatoms. The van der Waals surface area contributed by atoms with Gasteiger partial charge in [-0.05, 0) is 29.2 Å². The fraction of sp³-hybridized carbons (Fsp3) is 0.300. The molecule has 26 heavy (non-hydrogen) atoms. The molecule has 1 aliphatic carbocycles. The fourth-order valence-electron chi connectivity index (χ4n) is 3.95. The lowest BCUT2D eigenvalue weighted by Gasteiger charge is -2.37. The Bertz CT molecular complexity index is 1050. The number of halogens is 1. The maximum Gasteiger partial charge on any atom is 0.205 e. The number of carbonyl (C=O) groups excluding carboxylic acids is 1. The summed E-state index contributed by atoms with van der Waals surface area (Å²) in [4.78, 5) is 16.2. The quantitative estimate of drug-likeness (QED) is 0.727. The minimum atomic E-state index is -0.504. The Morgan fingerprint density at radius 1 is 1.38 bits per heavy atom. The number of ether oxygens (including phenoxy) is 1. The van der Waals surface area contributed by atoms with Crippen molar-refractivity contribution in [3.8, 4) is 6.07 Å². The third kappa shape index (κ3) is 2.55. The van der Waals surface area contributed by atoms with E-state index < -0.39 is 5.92 Å². The van der Waals surface area contributed by atoms with E-state index in [9.17, 15) is 10.1 Å². The molecule has 5 nitrogen and oxygen atoms in total. The van der Waals surface area contributed by atoms with Crippen LogP contribution in [0.2, 0.25) is 0 Å². The van der Waals surface area contributed by atoms with Crippen LogP contribution in [-0.4, -0.2) is 10.8 Å². The first-order chi connectivity index (χ1) is 12.3. The fourth-order valence-corrected chi connectivity index (χ4v) is 4.31. The average Bonchev–Trinajstić information content (AvgIpc) is 2.95. The van der Waals surface area contributed by atoms with E-state index in [1.54, 1.807) is 0 Å². The maximum atomic E-state index is 13.0. The zero-order valence-corrected chi connectivity index (χ0v) is 16.1. The average molecular weight is 412 g/mol. The van der Waals surface area contributed by atoms with Crippen LogP contribution in [0, 0.1) is 16.7 Å². The van der Waals surface area contributed by atoms with Gasteiger partial charge in [-0.25, -0.2) is 0 Å². The smallest absolute Gasteiger partial charge is 0.205 e. The summed E-state index contributed by atoms with van der Waals surface area (Å²) >= 11 is 3.50. The highest BCUT2D eigenvalue weighted by molar-refractivity contribution is 9.10. The van der Waals surface area contributed by atoms with Crippen molar-refractivity contribution in [2.45, 2.75) is 32.6 Å². The van der Waals surface area contributed by atoms with Gasteiger partial charge in [0.1, 0.15) is 17.4 Å². The number of aromatic amines is 1. The van der Waals surface area contributed by atoms with Gasteiger partial charge in [0.05, 0.1) is 5.92 Å². The largest absolute Gasteiger partial charge is 0.444 e. The number of nitrogens with zero attached hydrogens (tertiary/aromatic N) is 1. The molecular weight excluding hydrogens is 394 g/mol. The van der Waals surface area contributed by atoms with Crippen LogP contribution in [0.4, 0.5) is 0 Å². The molecule has 4 rings (SSSR count). The highest BCUT2D eigenvalue weighted by Gasteiger charge is 2.43. The maximum absolute atomic E-state index is 13.0. The number of rotatable bonds is 1. The van der Waals surface area contributed by atoms with Crippen LogP contribution in [0.5, 0.6) is 0 Å².